The molecule has 3 aromatic rings. The third-order valence-corrected chi connectivity index (χ3v) is 4.85. The van der Waals surface area contributed by atoms with Crippen LogP contribution in [0.15, 0.2) is 53.1 Å². The van der Waals surface area contributed by atoms with E-state index in [4.69, 9.17) is 0 Å². The zero-order valence-corrected chi connectivity index (χ0v) is 12.6. The summed E-state index contributed by atoms with van der Waals surface area (Å²) in [6.07, 6.45) is 4.28. The number of fused-ring (bicyclic) bond motifs is 2. The lowest BCUT2D eigenvalue weighted by Gasteiger charge is -2.16. The molecule has 0 bridgehead atoms. The zero-order valence-electron chi connectivity index (χ0n) is 11.0. The largest absolute Gasteiger partial charge is 0.378 e. The summed E-state index contributed by atoms with van der Waals surface area (Å²) in [7, 11) is 0. The fourth-order valence-corrected chi connectivity index (χ4v) is 3.68. The number of hydrogen-bond acceptors (Lipinski definition) is 1. The van der Waals surface area contributed by atoms with Gasteiger partial charge in [-0.25, -0.2) is 0 Å². The van der Waals surface area contributed by atoms with Gasteiger partial charge in [0.05, 0.1) is 6.04 Å². The highest BCUT2D eigenvalue weighted by Crippen LogP contribution is 2.37. The molecule has 100 valence electrons. The summed E-state index contributed by atoms with van der Waals surface area (Å²) in [5, 5.41) is 4.92. The van der Waals surface area contributed by atoms with Crippen LogP contribution < -0.4 is 5.32 Å². The second kappa shape index (κ2) is 4.67. The molecule has 0 saturated heterocycles. The Kier molecular flexibility index (Phi) is 2.81. The molecule has 1 atom stereocenters. The first-order valence-corrected chi connectivity index (χ1v) is 7.71. The minimum atomic E-state index is 0.416. The van der Waals surface area contributed by atoms with E-state index in [2.05, 4.69) is 68.7 Å². The van der Waals surface area contributed by atoms with Crippen LogP contribution in [-0.2, 0) is 6.42 Å². The zero-order chi connectivity index (χ0) is 13.5. The van der Waals surface area contributed by atoms with E-state index in [0.717, 1.165) is 12.8 Å². The molecular formula is C17H15BrN2. The number of H-pyrrole nitrogens is 1. The second-order valence-electron chi connectivity index (χ2n) is 5.32. The van der Waals surface area contributed by atoms with E-state index in [1.54, 1.807) is 0 Å². The molecule has 1 unspecified atom stereocenters. The van der Waals surface area contributed by atoms with Crippen LogP contribution in [0.5, 0.6) is 0 Å². The fourth-order valence-electron chi connectivity index (χ4n) is 3.10. The van der Waals surface area contributed by atoms with Gasteiger partial charge in [0, 0.05) is 27.3 Å². The van der Waals surface area contributed by atoms with Gasteiger partial charge in [0.15, 0.2) is 0 Å². The Labute approximate surface area is 126 Å². The van der Waals surface area contributed by atoms with Crippen LogP contribution in [0.4, 0.5) is 5.69 Å². The van der Waals surface area contributed by atoms with Crippen molar-refractivity contribution in [3.05, 3.63) is 64.3 Å². The lowest BCUT2D eigenvalue weighted by atomic mass is 10.1. The van der Waals surface area contributed by atoms with E-state index in [9.17, 15) is 0 Å². The summed E-state index contributed by atoms with van der Waals surface area (Å²) in [5.41, 5.74) is 5.25. The standard InChI is InChI=1S/C17H15BrN2/c18-15-3-1-2-14-13(15)5-7-17(14)20-12-4-6-16-11(10-12)8-9-19-16/h1-4,6,8-10,17,19-20H,5,7H2. The highest BCUT2D eigenvalue weighted by molar-refractivity contribution is 9.10. The van der Waals surface area contributed by atoms with Gasteiger partial charge in [-0.15, -0.1) is 0 Å². The maximum atomic E-state index is 3.67. The molecule has 4 rings (SSSR count). The topological polar surface area (TPSA) is 27.8 Å². The van der Waals surface area contributed by atoms with Crippen LogP contribution in [0, 0.1) is 0 Å². The minimum absolute atomic E-state index is 0.416. The monoisotopic (exact) mass is 326 g/mol. The van der Waals surface area contributed by atoms with Gasteiger partial charge < -0.3 is 10.3 Å². The molecule has 2 nitrogen and oxygen atoms in total. The SMILES string of the molecule is Brc1cccc2c1CCC2Nc1ccc2[nH]ccc2c1. The third kappa shape index (κ3) is 1.93. The number of halogens is 1. The lowest BCUT2D eigenvalue weighted by Crippen LogP contribution is -2.06. The van der Waals surface area contributed by atoms with Gasteiger partial charge in [-0.1, -0.05) is 28.1 Å². The number of rotatable bonds is 2. The first kappa shape index (κ1) is 12.0. The highest BCUT2D eigenvalue weighted by atomic mass is 79.9. The van der Waals surface area contributed by atoms with Crippen molar-refractivity contribution in [2.75, 3.05) is 5.32 Å². The molecule has 3 heteroatoms. The molecule has 20 heavy (non-hydrogen) atoms. The van der Waals surface area contributed by atoms with Crippen LogP contribution in [0.25, 0.3) is 10.9 Å². The summed E-state index contributed by atoms with van der Waals surface area (Å²) in [4.78, 5) is 3.23. The van der Waals surface area contributed by atoms with Crippen molar-refractivity contribution >= 4 is 32.5 Å². The Bertz CT molecular complexity index is 776. The second-order valence-corrected chi connectivity index (χ2v) is 6.18. The van der Waals surface area contributed by atoms with Crippen molar-refractivity contribution < 1.29 is 0 Å². The van der Waals surface area contributed by atoms with Crippen molar-refractivity contribution in [2.45, 2.75) is 18.9 Å². The van der Waals surface area contributed by atoms with Gasteiger partial charge in [0.2, 0.25) is 0 Å². The number of benzene rings is 2. The summed E-state index contributed by atoms with van der Waals surface area (Å²) >= 11 is 3.66. The fraction of sp³-hybridized carbons (Fsp3) is 0.176. The Balaban J connectivity index is 1.66. The van der Waals surface area contributed by atoms with Gasteiger partial charge in [0.1, 0.15) is 0 Å². The molecule has 0 aliphatic heterocycles. The smallest absolute Gasteiger partial charge is 0.0520 e. The van der Waals surface area contributed by atoms with Crippen LogP contribution in [0.3, 0.4) is 0 Å². The molecule has 0 saturated carbocycles. The Morgan fingerprint density at radius 3 is 3.05 bits per heavy atom. The lowest BCUT2D eigenvalue weighted by molar-refractivity contribution is 0.762. The van der Waals surface area contributed by atoms with E-state index in [1.165, 1.54) is 32.2 Å². The molecule has 2 aromatic carbocycles. The average molecular weight is 327 g/mol. The molecule has 0 amide bonds. The van der Waals surface area contributed by atoms with Crippen molar-refractivity contribution in [2.24, 2.45) is 0 Å². The third-order valence-electron chi connectivity index (χ3n) is 4.11. The number of nitrogens with one attached hydrogen (secondary N) is 2. The van der Waals surface area contributed by atoms with Crippen LogP contribution >= 0.6 is 15.9 Å². The van der Waals surface area contributed by atoms with Crippen LogP contribution in [0.2, 0.25) is 0 Å². The molecule has 0 radical (unpaired) electrons. The summed E-state index contributed by atoms with van der Waals surface area (Å²) < 4.78 is 1.24. The van der Waals surface area contributed by atoms with E-state index in [0.29, 0.717) is 6.04 Å². The molecule has 1 aliphatic carbocycles. The quantitative estimate of drug-likeness (QED) is 0.679. The Morgan fingerprint density at radius 1 is 1.15 bits per heavy atom. The Morgan fingerprint density at radius 2 is 2.10 bits per heavy atom. The molecule has 1 aromatic heterocycles. The molecule has 1 aliphatic rings. The van der Waals surface area contributed by atoms with E-state index in [-0.39, 0.29) is 0 Å². The number of aromatic nitrogens is 1. The van der Waals surface area contributed by atoms with Crippen molar-refractivity contribution in [1.29, 1.82) is 0 Å². The van der Waals surface area contributed by atoms with Crippen LogP contribution in [0.1, 0.15) is 23.6 Å². The maximum absolute atomic E-state index is 3.67. The van der Waals surface area contributed by atoms with Crippen molar-refractivity contribution in [3.8, 4) is 0 Å². The van der Waals surface area contributed by atoms with E-state index >= 15 is 0 Å². The molecule has 0 spiro atoms. The molecule has 1 heterocycles. The van der Waals surface area contributed by atoms with E-state index < -0.39 is 0 Å². The average Bonchev–Trinajstić information content (AvgIpc) is 3.06. The van der Waals surface area contributed by atoms with Gasteiger partial charge in [-0.2, -0.15) is 0 Å². The number of aromatic amines is 1. The summed E-state index contributed by atoms with van der Waals surface area (Å²) in [5.74, 6) is 0. The number of hydrogen-bond donors (Lipinski definition) is 2. The minimum Gasteiger partial charge on any atom is -0.378 e. The van der Waals surface area contributed by atoms with Gasteiger partial charge >= 0.3 is 0 Å². The Hall–Kier alpha value is -1.74. The summed E-state index contributed by atoms with van der Waals surface area (Å²) in [6.45, 7) is 0. The van der Waals surface area contributed by atoms with Crippen molar-refractivity contribution in [3.63, 3.8) is 0 Å². The van der Waals surface area contributed by atoms with Gasteiger partial charge in [-0.05, 0) is 54.3 Å². The summed E-state index contributed by atoms with van der Waals surface area (Å²) in [6, 6.07) is 15.5. The highest BCUT2D eigenvalue weighted by Gasteiger charge is 2.23. The molecule has 0 fully saturated rings. The van der Waals surface area contributed by atoms with Crippen molar-refractivity contribution in [1.82, 2.24) is 4.98 Å². The first-order chi connectivity index (χ1) is 9.81. The normalized spacial score (nSPS) is 17.4. The molecular weight excluding hydrogens is 312 g/mol. The van der Waals surface area contributed by atoms with E-state index in [1.807, 2.05) is 6.20 Å². The molecule has 2 N–H and O–H groups in total. The predicted octanol–water partition coefficient (Wildman–Crippen LogP) is 5.03. The maximum Gasteiger partial charge on any atom is 0.0520 e. The van der Waals surface area contributed by atoms with Crippen LogP contribution in [-0.4, -0.2) is 4.98 Å². The van der Waals surface area contributed by atoms with Gasteiger partial charge in [-0.3, -0.25) is 0 Å². The van der Waals surface area contributed by atoms with Gasteiger partial charge in [0.25, 0.3) is 0 Å². The predicted molar refractivity (Wildman–Crippen MR) is 87.1 cm³/mol. The first-order valence-electron chi connectivity index (χ1n) is 6.92. The number of anilines is 1.